The van der Waals surface area contributed by atoms with Gasteiger partial charge in [-0.15, -0.1) is 0 Å². The van der Waals surface area contributed by atoms with Gasteiger partial charge in [-0.2, -0.15) is 4.98 Å². The third-order valence-corrected chi connectivity index (χ3v) is 1.57. The number of rotatable bonds is 2. The van der Waals surface area contributed by atoms with Crippen LogP contribution in [0.15, 0.2) is 10.7 Å². The topological polar surface area (TPSA) is 52.1 Å². The third-order valence-electron chi connectivity index (χ3n) is 1.03. The van der Waals surface area contributed by atoms with Gasteiger partial charge in [0.25, 0.3) is 0 Å². The van der Waals surface area contributed by atoms with Crippen molar-refractivity contribution in [1.29, 1.82) is 0 Å². The van der Waals surface area contributed by atoms with Crippen LogP contribution in [-0.2, 0) is 0 Å². The van der Waals surface area contributed by atoms with Crippen LogP contribution in [0, 0.1) is 0 Å². The van der Waals surface area contributed by atoms with E-state index in [2.05, 4.69) is 25.9 Å². The zero-order valence-corrected chi connectivity index (χ0v) is 7.33. The monoisotopic (exact) mass is 216 g/mol. The number of halogens is 1. The highest BCUT2D eigenvalue weighted by Gasteiger charge is 2.02. The number of carbonyl (C=O) groups excluding carboxylic acids is 1. The van der Waals surface area contributed by atoms with E-state index < -0.39 is 0 Å². The lowest BCUT2D eigenvalue weighted by molar-refractivity contribution is 0.111. The van der Waals surface area contributed by atoms with Crippen LogP contribution in [0.3, 0.4) is 0 Å². The Morgan fingerprint density at radius 3 is 3.00 bits per heavy atom. The smallest absolute Gasteiger partial charge is 0.231 e. The van der Waals surface area contributed by atoms with Gasteiger partial charge in [-0.3, -0.25) is 4.79 Å². The van der Waals surface area contributed by atoms with E-state index in [4.69, 9.17) is 4.74 Å². The van der Waals surface area contributed by atoms with E-state index in [1.54, 1.807) is 0 Å². The summed E-state index contributed by atoms with van der Waals surface area (Å²) in [7, 11) is 1.47. The van der Waals surface area contributed by atoms with Crippen LogP contribution in [0.2, 0.25) is 0 Å². The molecule has 0 spiro atoms. The summed E-state index contributed by atoms with van der Waals surface area (Å²) in [5.74, 6) is 0.479. The van der Waals surface area contributed by atoms with Crippen LogP contribution in [-0.4, -0.2) is 23.4 Å². The van der Waals surface area contributed by atoms with Gasteiger partial charge in [0.1, 0.15) is 0 Å². The molecule has 0 aliphatic carbocycles. The Balaban J connectivity index is 3.12. The van der Waals surface area contributed by atoms with Crippen molar-refractivity contribution in [3.8, 4) is 5.88 Å². The fraction of sp³-hybridized carbons (Fsp3) is 0.167. The van der Waals surface area contributed by atoms with Gasteiger partial charge in [-0.1, -0.05) is 0 Å². The molecule has 1 aromatic rings. The van der Waals surface area contributed by atoms with Crippen LogP contribution >= 0.6 is 15.9 Å². The fourth-order valence-electron chi connectivity index (χ4n) is 0.564. The Morgan fingerprint density at radius 1 is 1.73 bits per heavy atom. The average molecular weight is 217 g/mol. The van der Waals surface area contributed by atoms with Gasteiger partial charge in [0.15, 0.2) is 12.1 Å². The van der Waals surface area contributed by atoms with Crippen molar-refractivity contribution >= 4 is 22.2 Å². The molecular weight excluding hydrogens is 212 g/mol. The maximum Gasteiger partial charge on any atom is 0.231 e. The molecule has 1 heterocycles. The van der Waals surface area contributed by atoms with Crippen LogP contribution in [0.1, 0.15) is 10.6 Å². The van der Waals surface area contributed by atoms with Gasteiger partial charge in [0.05, 0.1) is 11.6 Å². The van der Waals surface area contributed by atoms with E-state index in [9.17, 15) is 4.79 Å². The zero-order chi connectivity index (χ0) is 8.27. The van der Waals surface area contributed by atoms with Crippen LogP contribution < -0.4 is 4.74 Å². The van der Waals surface area contributed by atoms with Gasteiger partial charge < -0.3 is 4.74 Å². The van der Waals surface area contributed by atoms with E-state index in [1.807, 2.05) is 0 Å². The summed E-state index contributed by atoms with van der Waals surface area (Å²) in [4.78, 5) is 17.7. The number of aromatic nitrogens is 2. The van der Waals surface area contributed by atoms with Gasteiger partial charge in [0.2, 0.25) is 5.88 Å². The summed E-state index contributed by atoms with van der Waals surface area (Å²) in [6.07, 6.45) is 2.03. The molecule has 0 amide bonds. The Labute approximate surface area is 71.7 Å². The lowest BCUT2D eigenvalue weighted by Gasteiger charge is -1.99. The fourth-order valence-corrected chi connectivity index (χ4v) is 0.917. The standard InChI is InChI=1S/C6H5BrN2O2/c1-11-6-4(7)2-8-5(3-10)9-6/h2-3H,1H3. The van der Waals surface area contributed by atoms with Crippen LogP contribution in [0.25, 0.3) is 0 Å². The predicted molar refractivity (Wildman–Crippen MR) is 41.7 cm³/mol. The first-order valence-corrected chi connectivity index (χ1v) is 3.59. The number of hydrogen-bond donors (Lipinski definition) is 0. The molecule has 1 rings (SSSR count). The molecule has 0 radical (unpaired) electrons. The number of nitrogens with zero attached hydrogens (tertiary/aromatic N) is 2. The Bertz CT molecular complexity index is 277. The minimum absolute atomic E-state index is 0.116. The molecule has 0 unspecified atom stereocenters. The van der Waals surface area contributed by atoms with Crippen LogP contribution in [0.5, 0.6) is 5.88 Å². The van der Waals surface area contributed by atoms with E-state index in [0.29, 0.717) is 16.6 Å². The Kier molecular flexibility index (Phi) is 2.53. The highest BCUT2D eigenvalue weighted by atomic mass is 79.9. The van der Waals surface area contributed by atoms with Crippen molar-refractivity contribution in [1.82, 2.24) is 9.97 Å². The zero-order valence-electron chi connectivity index (χ0n) is 5.74. The maximum atomic E-state index is 10.2. The molecule has 11 heavy (non-hydrogen) atoms. The highest BCUT2D eigenvalue weighted by Crippen LogP contribution is 2.19. The molecule has 0 aliphatic heterocycles. The lowest BCUT2D eigenvalue weighted by atomic mass is 10.6. The quantitative estimate of drug-likeness (QED) is 0.695. The molecule has 0 atom stereocenters. The van der Waals surface area contributed by atoms with Crippen LogP contribution in [0.4, 0.5) is 0 Å². The van der Waals surface area contributed by atoms with E-state index in [-0.39, 0.29) is 5.82 Å². The summed E-state index contributed by atoms with van der Waals surface area (Å²) in [5, 5.41) is 0. The van der Waals surface area contributed by atoms with E-state index >= 15 is 0 Å². The largest absolute Gasteiger partial charge is 0.480 e. The minimum Gasteiger partial charge on any atom is -0.480 e. The van der Waals surface area contributed by atoms with Gasteiger partial charge in [-0.25, -0.2) is 4.98 Å². The number of methoxy groups -OCH3 is 1. The molecule has 4 nitrogen and oxygen atoms in total. The molecule has 1 aromatic heterocycles. The molecule has 0 fully saturated rings. The number of carbonyl (C=O) groups is 1. The number of aldehydes is 1. The predicted octanol–water partition coefficient (Wildman–Crippen LogP) is 1.06. The Hall–Kier alpha value is -0.970. The number of ether oxygens (including phenoxy) is 1. The molecule has 58 valence electrons. The second-order valence-electron chi connectivity index (χ2n) is 1.70. The summed E-state index contributed by atoms with van der Waals surface area (Å²) >= 11 is 3.15. The molecule has 5 heteroatoms. The molecule has 0 saturated carbocycles. The van der Waals surface area contributed by atoms with Crippen molar-refractivity contribution in [2.45, 2.75) is 0 Å². The average Bonchev–Trinajstić information content (AvgIpc) is 2.05. The van der Waals surface area contributed by atoms with Crippen molar-refractivity contribution in [3.05, 3.63) is 16.5 Å². The second-order valence-corrected chi connectivity index (χ2v) is 2.56. The normalized spacial score (nSPS) is 9.27. The van der Waals surface area contributed by atoms with Crippen molar-refractivity contribution in [3.63, 3.8) is 0 Å². The molecular formula is C6H5BrN2O2. The van der Waals surface area contributed by atoms with E-state index in [1.165, 1.54) is 13.3 Å². The first kappa shape index (κ1) is 8.13. The van der Waals surface area contributed by atoms with Crippen molar-refractivity contribution in [2.75, 3.05) is 7.11 Å². The van der Waals surface area contributed by atoms with Gasteiger partial charge in [-0.05, 0) is 15.9 Å². The summed E-state index contributed by atoms with van der Waals surface area (Å²) in [5.41, 5.74) is 0. The number of hydrogen-bond acceptors (Lipinski definition) is 4. The van der Waals surface area contributed by atoms with E-state index in [0.717, 1.165) is 0 Å². The maximum absolute atomic E-state index is 10.2. The molecule has 0 bridgehead atoms. The summed E-state index contributed by atoms with van der Waals surface area (Å²) in [6.45, 7) is 0. The van der Waals surface area contributed by atoms with Gasteiger partial charge >= 0.3 is 0 Å². The SMILES string of the molecule is COc1nc(C=O)ncc1Br. The first-order chi connectivity index (χ1) is 5.27. The highest BCUT2D eigenvalue weighted by molar-refractivity contribution is 9.10. The van der Waals surface area contributed by atoms with Gasteiger partial charge in [0, 0.05) is 6.20 Å². The summed E-state index contributed by atoms with van der Waals surface area (Å²) in [6, 6.07) is 0. The minimum atomic E-state index is 0.116. The lowest BCUT2D eigenvalue weighted by Crippen LogP contribution is -1.96. The molecule has 0 N–H and O–H groups in total. The van der Waals surface area contributed by atoms with Crippen molar-refractivity contribution in [2.24, 2.45) is 0 Å². The van der Waals surface area contributed by atoms with Crippen molar-refractivity contribution < 1.29 is 9.53 Å². The molecule has 0 aliphatic rings. The second kappa shape index (κ2) is 3.43. The summed E-state index contributed by atoms with van der Waals surface area (Å²) < 4.78 is 5.46. The third kappa shape index (κ3) is 1.74. The first-order valence-electron chi connectivity index (χ1n) is 2.79. The molecule has 0 saturated heterocycles. The molecule has 0 aromatic carbocycles. The Morgan fingerprint density at radius 2 is 2.45 bits per heavy atom.